The molecule has 0 saturated carbocycles. The van der Waals surface area contributed by atoms with Gasteiger partial charge in [0.1, 0.15) is 0 Å². The summed E-state index contributed by atoms with van der Waals surface area (Å²) in [5.74, 6) is -0.299. The Kier molecular flexibility index (Phi) is 2.39. The van der Waals surface area contributed by atoms with E-state index >= 15 is 0 Å². The monoisotopic (exact) mass is 173 g/mol. The van der Waals surface area contributed by atoms with Gasteiger partial charge < -0.3 is 4.74 Å². The topological polar surface area (TPSA) is 41.8 Å². The van der Waals surface area contributed by atoms with Crippen LogP contribution in [0.2, 0.25) is 0 Å². The molecule has 0 aromatic rings. The van der Waals surface area contributed by atoms with Crippen molar-refractivity contribution < 1.29 is 14.4 Å². The van der Waals surface area contributed by atoms with Gasteiger partial charge in [-0.2, -0.15) is 0 Å². The zero-order valence-corrected chi connectivity index (χ0v) is 7.96. The predicted octanol–water partition coefficient (Wildman–Crippen LogP) is 0.921. The molecule has 1 aliphatic rings. The minimum absolute atomic E-state index is 0.128. The van der Waals surface area contributed by atoms with Crippen molar-refractivity contribution in [1.29, 1.82) is 0 Å². The fraction of sp³-hybridized carbons (Fsp3) is 0.875. The van der Waals surface area contributed by atoms with Crippen molar-refractivity contribution in [2.75, 3.05) is 6.61 Å². The quantitative estimate of drug-likeness (QED) is 0.460. The summed E-state index contributed by atoms with van der Waals surface area (Å²) >= 11 is 0. The Labute approximate surface area is 72.4 Å². The van der Waals surface area contributed by atoms with Gasteiger partial charge in [0.25, 0.3) is 6.23 Å². The molecule has 0 N–H and O–H groups in total. The minimum atomic E-state index is -0.482. The molecule has 2 unspecified atom stereocenters. The maximum absolute atomic E-state index is 11.1. The largest absolute Gasteiger partial charge is 0.463 e. The van der Waals surface area contributed by atoms with Crippen LogP contribution < -0.4 is 0 Å². The maximum Gasteiger partial charge on any atom is 0.354 e. The summed E-state index contributed by atoms with van der Waals surface area (Å²) in [6, 6.07) is 0. The third-order valence-electron chi connectivity index (χ3n) is 1.53. The first-order valence-corrected chi connectivity index (χ1v) is 4.09. The molecule has 70 valence electrons. The van der Waals surface area contributed by atoms with E-state index in [1.165, 1.54) is 0 Å². The molecule has 0 aliphatic carbocycles. The van der Waals surface area contributed by atoms with E-state index in [9.17, 15) is 4.79 Å². The highest BCUT2D eigenvalue weighted by atomic mass is 16.9. The standard InChI is InChI=1S/C8H15NO3/c1-5-11-7(10)6-9(12-6)8(2,3)4/h6H,5H2,1-4H3. The summed E-state index contributed by atoms with van der Waals surface area (Å²) in [7, 11) is 0. The lowest BCUT2D eigenvalue weighted by atomic mass is 10.1. The lowest BCUT2D eigenvalue weighted by Crippen LogP contribution is -2.30. The lowest BCUT2D eigenvalue weighted by molar-refractivity contribution is -0.144. The van der Waals surface area contributed by atoms with E-state index in [0.29, 0.717) is 6.61 Å². The molecule has 4 nitrogen and oxygen atoms in total. The van der Waals surface area contributed by atoms with Crippen LogP contribution in [0, 0.1) is 0 Å². The van der Waals surface area contributed by atoms with Gasteiger partial charge in [-0.1, -0.05) is 0 Å². The fourth-order valence-electron chi connectivity index (χ4n) is 0.943. The summed E-state index contributed by atoms with van der Waals surface area (Å²) in [5, 5.41) is 1.63. The molecule has 1 rings (SSSR count). The molecule has 12 heavy (non-hydrogen) atoms. The molecule has 0 radical (unpaired) electrons. The van der Waals surface area contributed by atoms with Gasteiger partial charge in [0.2, 0.25) is 0 Å². The molecule has 1 aliphatic heterocycles. The van der Waals surface area contributed by atoms with Crippen LogP contribution in [0.3, 0.4) is 0 Å². The van der Waals surface area contributed by atoms with Gasteiger partial charge in [0.15, 0.2) is 0 Å². The Morgan fingerprint density at radius 3 is 2.50 bits per heavy atom. The second kappa shape index (κ2) is 3.03. The van der Waals surface area contributed by atoms with Gasteiger partial charge in [-0.15, -0.1) is 5.06 Å². The van der Waals surface area contributed by atoms with Crippen LogP contribution in [0.15, 0.2) is 0 Å². The van der Waals surface area contributed by atoms with Gasteiger partial charge in [0.05, 0.1) is 6.61 Å². The Bertz CT molecular complexity index is 185. The van der Waals surface area contributed by atoms with Crippen LogP contribution in [0.5, 0.6) is 0 Å². The second-order valence-electron chi connectivity index (χ2n) is 3.71. The average Bonchev–Trinajstić information content (AvgIpc) is 2.62. The van der Waals surface area contributed by atoms with Crippen molar-refractivity contribution in [3.05, 3.63) is 0 Å². The van der Waals surface area contributed by atoms with Gasteiger partial charge in [0, 0.05) is 5.54 Å². The van der Waals surface area contributed by atoms with Gasteiger partial charge in [-0.25, -0.2) is 4.79 Å². The third-order valence-corrected chi connectivity index (χ3v) is 1.53. The van der Waals surface area contributed by atoms with Crippen molar-refractivity contribution in [2.24, 2.45) is 0 Å². The van der Waals surface area contributed by atoms with E-state index in [0.717, 1.165) is 0 Å². The van der Waals surface area contributed by atoms with Crippen LogP contribution >= 0.6 is 0 Å². The Morgan fingerprint density at radius 1 is 1.58 bits per heavy atom. The van der Waals surface area contributed by atoms with Crippen molar-refractivity contribution in [3.63, 3.8) is 0 Å². The summed E-state index contributed by atoms with van der Waals surface area (Å²) in [4.78, 5) is 16.1. The van der Waals surface area contributed by atoms with Crippen molar-refractivity contribution in [1.82, 2.24) is 5.06 Å². The number of hydrogen-bond acceptors (Lipinski definition) is 4. The number of carbonyl (C=O) groups excluding carboxylic acids is 1. The number of carbonyl (C=O) groups is 1. The molecule has 2 atom stereocenters. The predicted molar refractivity (Wildman–Crippen MR) is 43.1 cm³/mol. The number of ether oxygens (including phenoxy) is 1. The molecule has 0 aromatic carbocycles. The first-order valence-electron chi connectivity index (χ1n) is 4.09. The van der Waals surface area contributed by atoms with E-state index in [1.54, 1.807) is 12.0 Å². The first kappa shape index (κ1) is 9.48. The van der Waals surface area contributed by atoms with Gasteiger partial charge in [-0.3, -0.25) is 4.84 Å². The molecule has 1 saturated heterocycles. The molecule has 1 fully saturated rings. The van der Waals surface area contributed by atoms with Gasteiger partial charge in [-0.05, 0) is 27.7 Å². The maximum atomic E-state index is 11.1. The van der Waals surface area contributed by atoms with Crippen LogP contribution in [-0.2, 0) is 14.4 Å². The Hall–Kier alpha value is -0.610. The van der Waals surface area contributed by atoms with Crippen molar-refractivity contribution >= 4 is 5.97 Å². The summed E-state index contributed by atoms with van der Waals surface area (Å²) in [6.45, 7) is 8.11. The Balaban J connectivity index is 2.37. The molecular formula is C8H15NO3. The number of esters is 1. The van der Waals surface area contributed by atoms with Gasteiger partial charge >= 0.3 is 5.97 Å². The van der Waals surface area contributed by atoms with Crippen molar-refractivity contribution in [2.45, 2.75) is 39.5 Å². The molecule has 0 amide bonds. The molecule has 1 heterocycles. The van der Waals surface area contributed by atoms with Crippen LogP contribution in [0.1, 0.15) is 27.7 Å². The molecule has 0 aromatic heterocycles. The van der Waals surface area contributed by atoms with Crippen LogP contribution in [-0.4, -0.2) is 29.4 Å². The van der Waals surface area contributed by atoms with E-state index < -0.39 is 6.23 Å². The van der Waals surface area contributed by atoms with Crippen molar-refractivity contribution in [3.8, 4) is 0 Å². The normalized spacial score (nSPS) is 28.3. The SMILES string of the molecule is CCOC(=O)C1ON1C(C)(C)C. The van der Waals surface area contributed by atoms with E-state index in [-0.39, 0.29) is 11.5 Å². The minimum Gasteiger partial charge on any atom is -0.463 e. The second-order valence-corrected chi connectivity index (χ2v) is 3.71. The highest BCUT2D eigenvalue weighted by Gasteiger charge is 2.50. The lowest BCUT2D eigenvalue weighted by Gasteiger charge is -2.15. The van der Waals surface area contributed by atoms with Crippen LogP contribution in [0.4, 0.5) is 0 Å². The van der Waals surface area contributed by atoms with E-state index in [4.69, 9.17) is 9.57 Å². The summed E-state index contributed by atoms with van der Waals surface area (Å²) in [6.07, 6.45) is -0.482. The smallest absolute Gasteiger partial charge is 0.354 e. The number of hydroxylamine groups is 2. The fourth-order valence-corrected chi connectivity index (χ4v) is 0.943. The van der Waals surface area contributed by atoms with Crippen LogP contribution in [0.25, 0.3) is 0 Å². The number of hydrogen-bond donors (Lipinski definition) is 0. The average molecular weight is 173 g/mol. The highest BCUT2D eigenvalue weighted by Crippen LogP contribution is 2.31. The first-order chi connectivity index (χ1) is 5.46. The zero-order chi connectivity index (χ0) is 9.35. The number of rotatable bonds is 2. The highest BCUT2D eigenvalue weighted by molar-refractivity contribution is 5.75. The summed E-state index contributed by atoms with van der Waals surface area (Å²) < 4.78 is 4.79. The van der Waals surface area contributed by atoms with E-state index in [1.807, 2.05) is 20.8 Å². The third kappa shape index (κ3) is 1.95. The number of nitrogens with zero attached hydrogens (tertiary/aromatic N) is 1. The molecule has 0 spiro atoms. The molecular weight excluding hydrogens is 158 g/mol. The molecule has 4 heteroatoms. The summed E-state index contributed by atoms with van der Waals surface area (Å²) in [5.41, 5.74) is -0.128. The van der Waals surface area contributed by atoms with E-state index in [2.05, 4.69) is 0 Å². The molecule has 0 bridgehead atoms. The Morgan fingerprint density at radius 2 is 2.17 bits per heavy atom. The zero-order valence-electron chi connectivity index (χ0n) is 7.96.